The zero-order valence-corrected chi connectivity index (χ0v) is 18.8. The van der Waals surface area contributed by atoms with Gasteiger partial charge in [0.2, 0.25) is 5.91 Å². The molecular weight excluding hydrogens is 408 g/mol. The molecular formula is C29H26N2O2. The number of fused-ring (bicyclic) bond motifs is 1. The molecule has 0 spiro atoms. The van der Waals surface area contributed by atoms with Gasteiger partial charge in [-0.2, -0.15) is 0 Å². The molecule has 1 unspecified atom stereocenters. The maximum atomic E-state index is 14.4. The topological polar surface area (TPSA) is 40.6 Å². The molecule has 164 valence electrons. The molecule has 3 amide bonds. The molecule has 1 saturated heterocycles. The standard InChI is InChI=1S/C29H26N2O2/c1-20-27(23-15-7-4-8-16-23)31(29(33)30(20)2)28(32)26(22-13-5-3-6-14-22)25-19-11-17-21-12-9-10-18-24(21)25/h3-20,26-27H,1-2H3/t20-,26?,27-/m0/s1. The number of hydrogen-bond donors (Lipinski definition) is 0. The lowest BCUT2D eigenvalue weighted by Gasteiger charge is -2.29. The fourth-order valence-corrected chi connectivity index (χ4v) is 4.94. The van der Waals surface area contributed by atoms with Crippen molar-refractivity contribution in [2.75, 3.05) is 7.05 Å². The highest BCUT2D eigenvalue weighted by atomic mass is 16.2. The predicted molar refractivity (Wildman–Crippen MR) is 131 cm³/mol. The Morgan fingerprint density at radius 2 is 1.39 bits per heavy atom. The molecule has 5 rings (SSSR count). The van der Waals surface area contributed by atoms with E-state index in [9.17, 15) is 9.59 Å². The van der Waals surface area contributed by atoms with Gasteiger partial charge in [0.1, 0.15) is 0 Å². The van der Waals surface area contributed by atoms with Crippen LogP contribution < -0.4 is 0 Å². The Bertz CT molecular complexity index is 1300. The van der Waals surface area contributed by atoms with Crippen LogP contribution in [0.15, 0.2) is 103 Å². The van der Waals surface area contributed by atoms with Crippen LogP contribution in [0, 0.1) is 0 Å². The molecule has 4 aromatic carbocycles. The molecule has 1 aliphatic rings. The van der Waals surface area contributed by atoms with Crippen LogP contribution in [0.25, 0.3) is 10.8 Å². The van der Waals surface area contributed by atoms with Crippen molar-refractivity contribution in [3.05, 3.63) is 120 Å². The van der Waals surface area contributed by atoms with Gasteiger partial charge in [-0.05, 0) is 34.4 Å². The van der Waals surface area contributed by atoms with Crippen LogP contribution in [-0.2, 0) is 4.79 Å². The number of urea groups is 1. The lowest BCUT2D eigenvalue weighted by molar-refractivity contribution is -0.130. The van der Waals surface area contributed by atoms with Crippen molar-refractivity contribution in [3.63, 3.8) is 0 Å². The van der Waals surface area contributed by atoms with E-state index in [1.54, 1.807) is 11.9 Å². The second-order valence-electron chi connectivity index (χ2n) is 8.61. The van der Waals surface area contributed by atoms with Crippen molar-refractivity contribution in [2.24, 2.45) is 0 Å². The number of carbonyl (C=O) groups is 2. The number of rotatable bonds is 4. The number of likely N-dealkylation sites (N-methyl/N-ethyl adjacent to an activating group) is 1. The first kappa shape index (κ1) is 21.0. The van der Waals surface area contributed by atoms with Crippen molar-refractivity contribution < 1.29 is 9.59 Å². The Hall–Kier alpha value is -3.92. The monoisotopic (exact) mass is 434 g/mol. The van der Waals surface area contributed by atoms with Crippen LogP contribution >= 0.6 is 0 Å². The summed E-state index contributed by atoms with van der Waals surface area (Å²) in [7, 11) is 1.77. The third-order valence-corrected chi connectivity index (χ3v) is 6.75. The summed E-state index contributed by atoms with van der Waals surface area (Å²) in [5, 5.41) is 2.09. The molecule has 3 atom stereocenters. The Balaban J connectivity index is 1.68. The van der Waals surface area contributed by atoms with Gasteiger partial charge in [0, 0.05) is 7.05 Å². The van der Waals surface area contributed by atoms with Crippen molar-refractivity contribution in [2.45, 2.75) is 24.9 Å². The number of imide groups is 1. The lowest BCUT2D eigenvalue weighted by Crippen LogP contribution is -2.40. The van der Waals surface area contributed by atoms with E-state index in [-0.39, 0.29) is 24.0 Å². The van der Waals surface area contributed by atoms with E-state index in [4.69, 9.17) is 0 Å². The van der Waals surface area contributed by atoms with E-state index >= 15 is 0 Å². The number of benzene rings is 4. The molecule has 0 bridgehead atoms. The van der Waals surface area contributed by atoms with Crippen LogP contribution in [0.2, 0.25) is 0 Å². The quantitative estimate of drug-likeness (QED) is 0.395. The van der Waals surface area contributed by atoms with Crippen molar-refractivity contribution >= 4 is 22.7 Å². The molecule has 0 radical (unpaired) electrons. The van der Waals surface area contributed by atoms with Gasteiger partial charge < -0.3 is 4.90 Å². The highest BCUT2D eigenvalue weighted by molar-refractivity contribution is 6.03. The average molecular weight is 435 g/mol. The average Bonchev–Trinajstić information content (AvgIpc) is 3.09. The first-order valence-corrected chi connectivity index (χ1v) is 11.3. The zero-order chi connectivity index (χ0) is 22.9. The van der Waals surface area contributed by atoms with Gasteiger partial charge in [0.25, 0.3) is 0 Å². The highest BCUT2D eigenvalue weighted by Crippen LogP contribution is 2.40. The molecule has 0 saturated carbocycles. The third-order valence-electron chi connectivity index (χ3n) is 6.75. The smallest absolute Gasteiger partial charge is 0.322 e. The van der Waals surface area contributed by atoms with E-state index in [1.165, 1.54) is 4.90 Å². The van der Waals surface area contributed by atoms with Crippen LogP contribution in [-0.4, -0.2) is 34.8 Å². The van der Waals surface area contributed by atoms with Gasteiger partial charge in [0.15, 0.2) is 0 Å². The lowest BCUT2D eigenvalue weighted by atomic mass is 9.86. The summed E-state index contributed by atoms with van der Waals surface area (Å²) in [4.78, 5) is 30.9. The Kier molecular flexibility index (Phi) is 5.43. The van der Waals surface area contributed by atoms with E-state index < -0.39 is 5.92 Å². The van der Waals surface area contributed by atoms with Crippen molar-refractivity contribution in [1.82, 2.24) is 9.80 Å². The Labute approximate surface area is 194 Å². The molecule has 0 aliphatic carbocycles. The molecule has 4 heteroatoms. The minimum Gasteiger partial charge on any atom is -0.322 e. The van der Waals surface area contributed by atoms with E-state index in [0.717, 1.165) is 27.5 Å². The second kappa shape index (κ2) is 8.55. The van der Waals surface area contributed by atoms with Gasteiger partial charge >= 0.3 is 6.03 Å². The summed E-state index contributed by atoms with van der Waals surface area (Å²) in [6.45, 7) is 2.00. The number of nitrogens with zero attached hydrogens (tertiary/aromatic N) is 2. The minimum atomic E-state index is -0.592. The van der Waals surface area contributed by atoms with Crippen molar-refractivity contribution in [1.29, 1.82) is 0 Å². The van der Waals surface area contributed by atoms with Gasteiger partial charge in [-0.3, -0.25) is 9.69 Å². The summed E-state index contributed by atoms with van der Waals surface area (Å²) < 4.78 is 0. The van der Waals surface area contributed by atoms with Gasteiger partial charge in [-0.1, -0.05) is 103 Å². The minimum absolute atomic E-state index is 0.132. The normalized spacial score (nSPS) is 19.2. The SMILES string of the molecule is C[C@H]1[C@@H](c2ccccc2)N(C(=O)C(c2ccccc2)c2cccc3ccccc23)C(=O)N1C. The van der Waals surface area contributed by atoms with E-state index in [1.807, 2.05) is 97.9 Å². The maximum absolute atomic E-state index is 14.4. The number of hydrogen-bond acceptors (Lipinski definition) is 2. The third kappa shape index (κ3) is 3.58. The number of amides is 3. The zero-order valence-electron chi connectivity index (χ0n) is 18.8. The number of carbonyl (C=O) groups excluding carboxylic acids is 2. The highest BCUT2D eigenvalue weighted by Gasteiger charge is 2.47. The molecule has 1 heterocycles. The summed E-state index contributed by atoms with van der Waals surface area (Å²) in [6.07, 6.45) is 0. The molecule has 0 aromatic heterocycles. The fraction of sp³-hybridized carbons (Fsp3) is 0.172. The van der Waals surface area contributed by atoms with Crippen molar-refractivity contribution in [3.8, 4) is 0 Å². The predicted octanol–water partition coefficient (Wildman–Crippen LogP) is 6.00. The summed E-state index contributed by atoms with van der Waals surface area (Å²) >= 11 is 0. The molecule has 4 aromatic rings. The second-order valence-corrected chi connectivity index (χ2v) is 8.61. The molecule has 1 aliphatic heterocycles. The van der Waals surface area contributed by atoms with Crippen LogP contribution in [0.5, 0.6) is 0 Å². The maximum Gasteiger partial charge on any atom is 0.327 e. The van der Waals surface area contributed by atoms with Gasteiger partial charge in [0.05, 0.1) is 18.0 Å². The van der Waals surface area contributed by atoms with E-state index in [2.05, 4.69) is 12.1 Å². The first-order chi connectivity index (χ1) is 16.1. The van der Waals surface area contributed by atoms with Crippen LogP contribution in [0.3, 0.4) is 0 Å². The first-order valence-electron chi connectivity index (χ1n) is 11.3. The summed E-state index contributed by atoms with van der Waals surface area (Å²) in [6, 6.07) is 33.0. The largest absolute Gasteiger partial charge is 0.327 e. The van der Waals surface area contributed by atoms with Crippen LogP contribution in [0.4, 0.5) is 4.79 Å². The van der Waals surface area contributed by atoms with Gasteiger partial charge in [-0.15, -0.1) is 0 Å². The molecule has 33 heavy (non-hydrogen) atoms. The van der Waals surface area contributed by atoms with E-state index in [0.29, 0.717) is 0 Å². The summed E-state index contributed by atoms with van der Waals surface area (Å²) in [5.74, 6) is -0.793. The van der Waals surface area contributed by atoms with Crippen LogP contribution in [0.1, 0.15) is 35.6 Å². The summed E-state index contributed by atoms with van der Waals surface area (Å²) in [5.41, 5.74) is 2.74. The molecule has 0 N–H and O–H groups in total. The van der Waals surface area contributed by atoms with Gasteiger partial charge in [-0.25, -0.2) is 4.79 Å². The Morgan fingerprint density at radius 3 is 2.12 bits per heavy atom. The Morgan fingerprint density at radius 1 is 0.788 bits per heavy atom. The molecule has 4 nitrogen and oxygen atoms in total. The fourth-order valence-electron chi connectivity index (χ4n) is 4.94. The molecule has 1 fully saturated rings.